The van der Waals surface area contributed by atoms with Crippen LogP contribution < -0.4 is 15.4 Å². The normalized spacial score (nSPS) is 20.0. The fourth-order valence-corrected chi connectivity index (χ4v) is 3.94. The number of amides is 1. The Morgan fingerprint density at radius 2 is 2.16 bits per heavy atom. The molecule has 1 amide bonds. The van der Waals surface area contributed by atoms with E-state index in [9.17, 15) is 4.79 Å². The number of aliphatic imine (C=N–C) groups is 1. The van der Waals surface area contributed by atoms with Gasteiger partial charge in [0.05, 0.1) is 19.2 Å². The van der Waals surface area contributed by atoms with Crippen molar-refractivity contribution in [3.05, 3.63) is 41.5 Å². The van der Waals surface area contributed by atoms with Gasteiger partial charge >= 0.3 is 0 Å². The zero-order valence-electron chi connectivity index (χ0n) is 18.9. The van der Waals surface area contributed by atoms with Crippen LogP contribution in [0.25, 0.3) is 0 Å². The molecule has 2 atom stereocenters. The molecule has 0 spiro atoms. The van der Waals surface area contributed by atoms with Crippen molar-refractivity contribution in [3.63, 3.8) is 0 Å². The van der Waals surface area contributed by atoms with Crippen LogP contribution in [0, 0.1) is 0 Å². The summed E-state index contributed by atoms with van der Waals surface area (Å²) in [6.07, 6.45) is 2.54. The number of likely N-dealkylation sites (N-methyl/N-ethyl adjacent to an activating group) is 1. The van der Waals surface area contributed by atoms with E-state index >= 15 is 0 Å². The highest BCUT2D eigenvalue weighted by Gasteiger charge is 2.26. The van der Waals surface area contributed by atoms with E-state index in [0.29, 0.717) is 31.5 Å². The number of para-hydroxylation sites is 1. The number of benzene rings is 1. The Balaban J connectivity index is 1.49. The summed E-state index contributed by atoms with van der Waals surface area (Å²) < 4.78 is 12.9. The molecule has 0 aliphatic carbocycles. The van der Waals surface area contributed by atoms with E-state index < -0.39 is 0 Å². The average molecular weight is 442 g/mol. The van der Waals surface area contributed by atoms with Crippen LogP contribution in [0.4, 0.5) is 0 Å². The Morgan fingerprint density at radius 1 is 1.31 bits per heavy atom. The van der Waals surface area contributed by atoms with Gasteiger partial charge < -0.3 is 25.0 Å². The molecule has 0 radical (unpaired) electrons. The van der Waals surface area contributed by atoms with Crippen LogP contribution in [0.2, 0.25) is 0 Å². The molecule has 0 fully saturated rings. The first-order valence-corrected chi connectivity index (χ1v) is 10.9. The first-order valence-electron chi connectivity index (χ1n) is 10.9. The summed E-state index contributed by atoms with van der Waals surface area (Å²) in [5.74, 6) is 3.13. The van der Waals surface area contributed by atoms with Gasteiger partial charge in [0.2, 0.25) is 5.91 Å². The van der Waals surface area contributed by atoms with Crippen LogP contribution >= 0.6 is 0 Å². The first-order chi connectivity index (χ1) is 15.5. The maximum absolute atomic E-state index is 12.2. The van der Waals surface area contributed by atoms with Crippen molar-refractivity contribution >= 4 is 11.9 Å². The third kappa shape index (κ3) is 5.18. The number of fused-ring (bicyclic) bond motifs is 2. The second-order valence-electron chi connectivity index (χ2n) is 8.26. The van der Waals surface area contributed by atoms with Gasteiger partial charge in [-0.15, -0.1) is 0 Å². The summed E-state index contributed by atoms with van der Waals surface area (Å²) in [6.45, 7) is 1.79. The number of carbonyl (C=O) groups excluding carboxylic acids is 1. The highest BCUT2D eigenvalue weighted by molar-refractivity contribution is 5.85. The van der Waals surface area contributed by atoms with Crippen molar-refractivity contribution in [1.29, 1.82) is 0 Å². The SMILES string of the molecule is COCc1nc2n(n1)CC(NC(=NCC(=O)N(C)C)NC1CCOc3ccccc31)CC2. The summed E-state index contributed by atoms with van der Waals surface area (Å²) in [7, 11) is 5.11. The summed E-state index contributed by atoms with van der Waals surface area (Å²) in [4.78, 5) is 22.8. The molecule has 0 saturated carbocycles. The van der Waals surface area contributed by atoms with E-state index in [4.69, 9.17) is 9.47 Å². The summed E-state index contributed by atoms with van der Waals surface area (Å²) in [5.41, 5.74) is 1.10. The maximum atomic E-state index is 12.2. The Bertz CT molecular complexity index is 972. The number of rotatable bonds is 6. The summed E-state index contributed by atoms with van der Waals surface area (Å²) in [5, 5.41) is 11.6. The van der Waals surface area contributed by atoms with Crippen molar-refractivity contribution in [2.24, 2.45) is 4.99 Å². The highest BCUT2D eigenvalue weighted by Crippen LogP contribution is 2.31. The molecule has 10 nitrogen and oxygen atoms in total. The van der Waals surface area contributed by atoms with Gasteiger partial charge in [-0.05, 0) is 12.5 Å². The predicted molar refractivity (Wildman–Crippen MR) is 119 cm³/mol. The van der Waals surface area contributed by atoms with Crippen molar-refractivity contribution in [3.8, 4) is 5.75 Å². The standard InChI is InChI=1S/C22H31N7O3/c1-28(2)21(30)12-23-22(25-17-10-11-32-18-7-5-4-6-16(17)18)24-15-8-9-20-26-19(14-31-3)27-29(20)13-15/h4-7,15,17H,8-14H2,1-3H3,(H2,23,24,25). The molecule has 2 aliphatic heterocycles. The van der Waals surface area contributed by atoms with Crippen LogP contribution in [0.1, 0.15) is 36.1 Å². The largest absolute Gasteiger partial charge is 0.493 e. The van der Waals surface area contributed by atoms with Gasteiger partial charge in [-0.3, -0.25) is 4.79 Å². The maximum Gasteiger partial charge on any atom is 0.243 e. The molecule has 2 aromatic rings. The molecule has 32 heavy (non-hydrogen) atoms. The minimum absolute atomic E-state index is 0.0510. The zero-order valence-corrected chi connectivity index (χ0v) is 18.9. The molecular formula is C22H31N7O3. The Morgan fingerprint density at radius 3 is 2.97 bits per heavy atom. The Hall–Kier alpha value is -3.14. The van der Waals surface area contributed by atoms with Gasteiger partial charge in [-0.2, -0.15) is 5.10 Å². The van der Waals surface area contributed by atoms with Gasteiger partial charge in [-0.25, -0.2) is 14.7 Å². The lowest BCUT2D eigenvalue weighted by Crippen LogP contribution is -2.49. The number of carbonyl (C=O) groups is 1. The van der Waals surface area contributed by atoms with E-state index in [-0.39, 0.29) is 24.5 Å². The van der Waals surface area contributed by atoms with Gasteiger partial charge in [0.25, 0.3) is 0 Å². The number of methoxy groups -OCH3 is 1. The molecule has 0 bridgehead atoms. The third-order valence-corrected chi connectivity index (χ3v) is 5.66. The Kier molecular flexibility index (Phi) is 6.89. The number of hydrogen-bond donors (Lipinski definition) is 2. The van der Waals surface area contributed by atoms with Crippen molar-refractivity contribution in [2.45, 2.75) is 44.5 Å². The van der Waals surface area contributed by atoms with Crippen LogP contribution in [0.15, 0.2) is 29.3 Å². The Labute approximate surface area is 188 Å². The van der Waals surface area contributed by atoms with E-state index in [0.717, 1.165) is 36.4 Å². The number of hydrogen-bond acceptors (Lipinski definition) is 6. The van der Waals surface area contributed by atoms with E-state index in [1.807, 2.05) is 22.9 Å². The fourth-order valence-electron chi connectivity index (χ4n) is 3.94. The molecular weight excluding hydrogens is 410 g/mol. The van der Waals surface area contributed by atoms with Gasteiger partial charge in [-0.1, -0.05) is 18.2 Å². The number of nitrogens with zero attached hydrogens (tertiary/aromatic N) is 5. The minimum atomic E-state index is -0.0510. The number of guanidine groups is 1. The molecule has 3 heterocycles. The first kappa shape index (κ1) is 22.1. The molecule has 2 unspecified atom stereocenters. The lowest BCUT2D eigenvalue weighted by Gasteiger charge is -2.30. The molecule has 172 valence electrons. The second kappa shape index (κ2) is 9.99. The van der Waals surface area contributed by atoms with Gasteiger partial charge in [0.1, 0.15) is 24.7 Å². The number of aryl methyl sites for hydroxylation is 1. The molecule has 2 aliphatic rings. The fraction of sp³-hybridized carbons (Fsp3) is 0.545. The van der Waals surface area contributed by atoms with E-state index in [1.54, 1.807) is 26.1 Å². The van der Waals surface area contributed by atoms with Crippen molar-refractivity contribution in [2.75, 3.05) is 34.4 Å². The lowest BCUT2D eigenvalue weighted by atomic mass is 10.0. The van der Waals surface area contributed by atoms with Crippen LogP contribution in [0.3, 0.4) is 0 Å². The number of aromatic nitrogens is 3. The van der Waals surface area contributed by atoms with Crippen LogP contribution in [0.5, 0.6) is 5.75 Å². The number of ether oxygens (including phenoxy) is 2. The molecule has 4 rings (SSSR count). The predicted octanol–water partition coefficient (Wildman–Crippen LogP) is 0.887. The third-order valence-electron chi connectivity index (χ3n) is 5.66. The average Bonchev–Trinajstić information content (AvgIpc) is 3.19. The van der Waals surface area contributed by atoms with Gasteiger partial charge in [0.15, 0.2) is 11.8 Å². The molecule has 1 aromatic carbocycles. The monoisotopic (exact) mass is 441 g/mol. The zero-order chi connectivity index (χ0) is 22.5. The lowest BCUT2D eigenvalue weighted by molar-refractivity contribution is -0.127. The van der Waals surface area contributed by atoms with E-state index in [1.165, 1.54) is 0 Å². The smallest absolute Gasteiger partial charge is 0.243 e. The summed E-state index contributed by atoms with van der Waals surface area (Å²) >= 11 is 0. The van der Waals surface area contributed by atoms with Crippen molar-refractivity contribution < 1.29 is 14.3 Å². The molecule has 0 saturated heterocycles. The quantitative estimate of drug-likeness (QED) is 0.506. The van der Waals surface area contributed by atoms with Crippen LogP contribution in [-0.4, -0.2) is 71.9 Å². The van der Waals surface area contributed by atoms with Gasteiger partial charge in [0, 0.05) is 45.7 Å². The minimum Gasteiger partial charge on any atom is -0.493 e. The molecule has 2 N–H and O–H groups in total. The topological polar surface area (TPSA) is 106 Å². The highest BCUT2D eigenvalue weighted by atomic mass is 16.5. The second-order valence-corrected chi connectivity index (χ2v) is 8.26. The van der Waals surface area contributed by atoms with Crippen LogP contribution in [-0.2, 0) is 29.1 Å². The number of nitrogens with one attached hydrogen (secondary N) is 2. The van der Waals surface area contributed by atoms with Crippen molar-refractivity contribution in [1.82, 2.24) is 30.3 Å². The van der Waals surface area contributed by atoms with E-state index in [2.05, 4.69) is 31.8 Å². The molecule has 10 heteroatoms. The summed E-state index contributed by atoms with van der Waals surface area (Å²) in [6, 6.07) is 8.20. The molecule has 1 aromatic heterocycles.